The van der Waals surface area contributed by atoms with Crippen molar-refractivity contribution in [2.45, 2.75) is 64.6 Å². The third kappa shape index (κ3) is 2.92. The van der Waals surface area contributed by atoms with Crippen molar-refractivity contribution in [3.63, 3.8) is 0 Å². The number of aliphatic hydroxyl groups is 1. The topological polar surface area (TPSA) is 58.3 Å². The molecule has 0 aromatic heterocycles. The zero-order valence-corrected chi connectivity index (χ0v) is 10.5. The first-order chi connectivity index (χ1) is 6.83. The summed E-state index contributed by atoms with van der Waals surface area (Å²) in [7, 11) is 0. The van der Waals surface area contributed by atoms with E-state index < -0.39 is 0 Å². The average molecular weight is 214 g/mol. The van der Waals surface area contributed by atoms with Gasteiger partial charge in [0.2, 0.25) is 0 Å². The van der Waals surface area contributed by atoms with Crippen LogP contribution < -0.4 is 11.1 Å². The molecule has 0 bridgehead atoms. The van der Waals surface area contributed by atoms with Crippen molar-refractivity contribution in [2.24, 2.45) is 11.1 Å². The summed E-state index contributed by atoms with van der Waals surface area (Å²) in [5.41, 5.74) is 6.26. The molecule has 1 saturated carbocycles. The van der Waals surface area contributed by atoms with Gasteiger partial charge in [0.1, 0.15) is 0 Å². The lowest BCUT2D eigenvalue weighted by Gasteiger charge is -2.39. The molecule has 0 aliphatic heterocycles. The third-order valence-corrected chi connectivity index (χ3v) is 4.00. The van der Waals surface area contributed by atoms with Crippen LogP contribution in [0.3, 0.4) is 0 Å². The van der Waals surface area contributed by atoms with Crippen molar-refractivity contribution in [1.82, 2.24) is 5.32 Å². The predicted molar refractivity (Wildman–Crippen MR) is 63.7 cm³/mol. The zero-order chi connectivity index (χ0) is 11.7. The van der Waals surface area contributed by atoms with Crippen molar-refractivity contribution in [2.75, 3.05) is 6.54 Å². The predicted octanol–water partition coefficient (Wildman–Crippen LogP) is 1.25. The largest absolute Gasteiger partial charge is 0.393 e. The van der Waals surface area contributed by atoms with E-state index in [1.807, 2.05) is 6.92 Å². The van der Waals surface area contributed by atoms with Crippen LogP contribution in [-0.2, 0) is 0 Å². The molecule has 1 fully saturated rings. The fourth-order valence-electron chi connectivity index (χ4n) is 2.33. The maximum absolute atomic E-state index is 9.34. The van der Waals surface area contributed by atoms with Gasteiger partial charge in [-0.05, 0) is 45.4 Å². The molecule has 0 heterocycles. The SMILES string of the molecule is CC(O)CC(C)NC(C)(CN)C1(C)CC1. The lowest BCUT2D eigenvalue weighted by Crippen LogP contribution is -2.57. The third-order valence-electron chi connectivity index (χ3n) is 4.00. The van der Waals surface area contributed by atoms with E-state index in [-0.39, 0.29) is 11.6 Å². The minimum atomic E-state index is -0.249. The number of nitrogens with one attached hydrogen (secondary N) is 1. The first-order valence-electron chi connectivity index (χ1n) is 5.99. The van der Waals surface area contributed by atoms with Gasteiger partial charge in [0.25, 0.3) is 0 Å². The number of hydrogen-bond acceptors (Lipinski definition) is 3. The van der Waals surface area contributed by atoms with Gasteiger partial charge in [0.15, 0.2) is 0 Å². The molecule has 0 aromatic carbocycles. The summed E-state index contributed by atoms with van der Waals surface area (Å²) in [6, 6.07) is 0.316. The van der Waals surface area contributed by atoms with E-state index in [9.17, 15) is 5.11 Å². The van der Waals surface area contributed by atoms with E-state index in [1.54, 1.807) is 0 Å². The Kier molecular flexibility index (Phi) is 3.80. The van der Waals surface area contributed by atoms with Gasteiger partial charge in [-0.3, -0.25) is 0 Å². The van der Waals surface area contributed by atoms with Crippen LogP contribution in [-0.4, -0.2) is 29.3 Å². The van der Waals surface area contributed by atoms with Crippen molar-refractivity contribution in [1.29, 1.82) is 0 Å². The molecule has 4 N–H and O–H groups in total. The lowest BCUT2D eigenvalue weighted by atomic mass is 9.83. The van der Waals surface area contributed by atoms with Gasteiger partial charge in [-0.15, -0.1) is 0 Å². The zero-order valence-electron chi connectivity index (χ0n) is 10.5. The number of nitrogens with two attached hydrogens (primary N) is 1. The summed E-state index contributed by atoms with van der Waals surface area (Å²) in [6.07, 6.45) is 3.05. The Morgan fingerprint density at radius 1 is 1.47 bits per heavy atom. The minimum absolute atomic E-state index is 0.0152. The second-order valence-corrected chi connectivity index (χ2v) is 5.73. The van der Waals surface area contributed by atoms with Crippen LogP contribution in [0.25, 0.3) is 0 Å². The van der Waals surface area contributed by atoms with E-state index in [0.717, 1.165) is 6.42 Å². The fraction of sp³-hybridized carbons (Fsp3) is 1.00. The molecule has 1 aliphatic rings. The van der Waals surface area contributed by atoms with Crippen molar-refractivity contribution in [3.05, 3.63) is 0 Å². The van der Waals surface area contributed by atoms with Crippen LogP contribution in [0.2, 0.25) is 0 Å². The molecule has 0 spiro atoms. The number of aliphatic hydroxyl groups excluding tert-OH is 1. The highest BCUT2D eigenvalue weighted by Crippen LogP contribution is 2.53. The molecule has 0 aromatic rings. The van der Waals surface area contributed by atoms with Gasteiger partial charge < -0.3 is 16.2 Å². The monoisotopic (exact) mass is 214 g/mol. The Bertz CT molecular complexity index is 214. The van der Waals surface area contributed by atoms with E-state index in [0.29, 0.717) is 18.0 Å². The molecule has 1 aliphatic carbocycles. The van der Waals surface area contributed by atoms with Gasteiger partial charge in [-0.25, -0.2) is 0 Å². The molecule has 0 saturated heterocycles. The standard InChI is InChI=1S/C12H26N2O/c1-9(7-10(2)15)14-12(4,8-13)11(3)5-6-11/h9-10,14-15H,5-8,13H2,1-4H3. The smallest absolute Gasteiger partial charge is 0.0526 e. The van der Waals surface area contributed by atoms with Gasteiger partial charge in [-0.1, -0.05) is 6.92 Å². The Hall–Kier alpha value is -0.120. The van der Waals surface area contributed by atoms with Gasteiger partial charge in [-0.2, -0.15) is 0 Å². The minimum Gasteiger partial charge on any atom is -0.393 e. The Morgan fingerprint density at radius 2 is 2.00 bits per heavy atom. The Labute approximate surface area is 93.4 Å². The van der Waals surface area contributed by atoms with E-state index in [2.05, 4.69) is 26.1 Å². The van der Waals surface area contributed by atoms with E-state index in [1.165, 1.54) is 12.8 Å². The molecule has 0 radical (unpaired) electrons. The van der Waals surface area contributed by atoms with Gasteiger partial charge in [0.05, 0.1) is 6.10 Å². The summed E-state index contributed by atoms with van der Waals surface area (Å²) >= 11 is 0. The molecule has 0 amide bonds. The molecule has 1 rings (SSSR count). The van der Waals surface area contributed by atoms with Crippen molar-refractivity contribution in [3.8, 4) is 0 Å². The van der Waals surface area contributed by atoms with Crippen molar-refractivity contribution >= 4 is 0 Å². The van der Waals surface area contributed by atoms with Crippen LogP contribution in [0.4, 0.5) is 0 Å². The molecular formula is C12H26N2O. The molecule has 15 heavy (non-hydrogen) atoms. The van der Waals surface area contributed by atoms with E-state index in [4.69, 9.17) is 5.73 Å². The van der Waals surface area contributed by atoms with Gasteiger partial charge >= 0.3 is 0 Å². The van der Waals surface area contributed by atoms with E-state index >= 15 is 0 Å². The normalized spacial score (nSPS) is 26.8. The lowest BCUT2D eigenvalue weighted by molar-refractivity contribution is 0.145. The second kappa shape index (κ2) is 4.40. The first-order valence-corrected chi connectivity index (χ1v) is 5.99. The van der Waals surface area contributed by atoms with Crippen molar-refractivity contribution < 1.29 is 5.11 Å². The van der Waals surface area contributed by atoms with Crippen LogP contribution >= 0.6 is 0 Å². The second-order valence-electron chi connectivity index (χ2n) is 5.73. The molecule has 90 valence electrons. The summed E-state index contributed by atoms with van der Waals surface area (Å²) in [5, 5.41) is 12.9. The van der Waals surface area contributed by atoms with Crippen LogP contribution in [0, 0.1) is 5.41 Å². The van der Waals surface area contributed by atoms with Crippen LogP contribution in [0.15, 0.2) is 0 Å². The molecule has 3 unspecified atom stereocenters. The fourth-order valence-corrected chi connectivity index (χ4v) is 2.33. The number of rotatable bonds is 6. The van der Waals surface area contributed by atoms with Crippen LogP contribution in [0.5, 0.6) is 0 Å². The Morgan fingerprint density at radius 3 is 2.33 bits per heavy atom. The highest BCUT2D eigenvalue weighted by atomic mass is 16.3. The van der Waals surface area contributed by atoms with Gasteiger partial charge in [0, 0.05) is 18.1 Å². The molecule has 3 atom stereocenters. The first kappa shape index (κ1) is 12.9. The quantitative estimate of drug-likeness (QED) is 0.624. The molecule has 3 nitrogen and oxygen atoms in total. The molecule has 3 heteroatoms. The average Bonchev–Trinajstić information content (AvgIpc) is 2.83. The molecular weight excluding hydrogens is 188 g/mol. The summed E-state index contributed by atoms with van der Waals surface area (Å²) in [5.74, 6) is 0. The summed E-state index contributed by atoms with van der Waals surface area (Å²) in [6.45, 7) is 9.11. The summed E-state index contributed by atoms with van der Waals surface area (Å²) < 4.78 is 0. The van der Waals surface area contributed by atoms with Crippen LogP contribution in [0.1, 0.15) is 47.0 Å². The highest BCUT2D eigenvalue weighted by Gasteiger charge is 2.52. The number of hydrogen-bond donors (Lipinski definition) is 3. The maximum atomic E-state index is 9.34. The summed E-state index contributed by atoms with van der Waals surface area (Å²) in [4.78, 5) is 0. The highest BCUT2D eigenvalue weighted by molar-refractivity contribution is 5.09. The maximum Gasteiger partial charge on any atom is 0.0526 e. The Balaban J connectivity index is 2.53.